The third-order valence-electron chi connectivity index (χ3n) is 7.07. The molecule has 4 aromatic heterocycles. The topological polar surface area (TPSA) is 90.4 Å². The fraction of sp³-hybridized carbons (Fsp3) is 0.167. The van der Waals surface area contributed by atoms with Gasteiger partial charge in [0, 0.05) is 67.2 Å². The molecule has 1 aromatic carbocycles. The van der Waals surface area contributed by atoms with E-state index >= 15 is 0 Å². The molecule has 0 aliphatic carbocycles. The fourth-order valence-corrected chi connectivity index (χ4v) is 5.01. The van der Waals surface area contributed by atoms with Gasteiger partial charge in [-0.05, 0) is 61.0 Å². The van der Waals surface area contributed by atoms with Crippen molar-refractivity contribution in [3.8, 4) is 28.3 Å². The number of anilines is 1. The van der Waals surface area contributed by atoms with Crippen LogP contribution in [-0.4, -0.2) is 56.6 Å². The van der Waals surface area contributed by atoms with Gasteiger partial charge in [-0.15, -0.1) is 0 Å². The Kier molecular flexibility index (Phi) is 6.40. The summed E-state index contributed by atoms with van der Waals surface area (Å²) in [6.07, 6.45) is 6.97. The second-order valence-corrected chi connectivity index (χ2v) is 9.60. The van der Waals surface area contributed by atoms with E-state index in [2.05, 4.69) is 21.1 Å². The minimum Gasteiger partial charge on any atom is -0.353 e. The van der Waals surface area contributed by atoms with E-state index in [4.69, 9.17) is 0 Å². The van der Waals surface area contributed by atoms with Crippen molar-refractivity contribution >= 4 is 17.2 Å². The first-order chi connectivity index (χ1) is 19.4. The van der Waals surface area contributed by atoms with Gasteiger partial charge in [-0.3, -0.25) is 9.78 Å². The summed E-state index contributed by atoms with van der Waals surface area (Å²) in [5.41, 5.74) is 5.37. The Balaban J connectivity index is 1.25. The molecule has 6 rings (SSSR count). The van der Waals surface area contributed by atoms with Crippen LogP contribution in [0.25, 0.3) is 27.8 Å². The molecule has 0 atom stereocenters. The van der Waals surface area contributed by atoms with E-state index in [1.807, 2.05) is 48.4 Å². The molecule has 0 saturated carbocycles. The molecule has 1 aliphatic heterocycles. The molecule has 0 unspecified atom stereocenters. The number of carbonyl (C=O) groups excluding carboxylic acids is 1. The number of aromatic nitrogens is 4. The van der Waals surface area contributed by atoms with E-state index in [9.17, 15) is 18.8 Å². The van der Waals surface area contributed by atoms with E-state index in [0.29, 0.717) is 37.3 Å². The van der Waals surface area contributed by atoms with Crippen LogP contribution in [0.4, 0.5) is 14.6 Å². The summed E-state index contributed by atoms with van der Waals surface area (Å²) < 4.78 is 29.4. The number of hydrogen-bond acceptors (Lipinski definition) is 6. The maximum Gasteiger partial charge on any atom is 0.257 e. The summed E-state index contributed by atoms with van der Waals surface area (Å²) >= 11 is 0. The number of fused-ring (bicyclic) bond motifs is 1. The number of pyridine rings is 3. The van der Waals surface area contributed by atoms with Gasteiger partial charge < -0.3 is 9.80 Å². The highest BCUT2D eigenvalue weighted by Gasteiger charge is 2.25. The lowest BCUT2D eigenvalue weighted by atomic mass is 10.00. The normalized spacial score (nSPS) is 13.4. The van der Waals surface area contributed by atoms with Crippen molar-refractivity contribution in [2.75, 3.05) is 31.1 Å². The molecule has 0 N–H and O–H groups in total. The monoisotopic (exact) mass is 535 g/mol. The fourth-order valence-electron chi connectivity index (χ4n) is 5.01. The van der Waals surface area contributed by atoms with Gasteiger partial charge in [0.05, 0.1) is 22.8 Å². The first-order valence-electron chi connectivity index (χ1n) is 12.7. The van der Waals surface area contributed by atoms with Crippen molar-refractivity contribution in [2.45, 2.75) is 6.92 Å². The lowest BCUT2D eigenvalue weighted by molar-refractivity contribution is 0.0741. The largest absolute Gasteiger partial charge is 0.353 e. The van der Waals surface area contributed by atoms with E-state index in [1.165, 1.54) is 4.90 Å². The highest BCUT2D eigenvalue weighted by Crippen LogP contribution is 2.32. The first-order valence-corrected chi connectivity index (χ1v) is 12.7. The van der Waals surface area contributed by atoms with Crippen LogP contribution in [0.5, 0.6) is 0 Å². The third kappa shape index (κ3) is 4.62. The number of benzene rings is 1. The van der Waals surface area contributed by atoms with Gasteiger partial charge in [-0.25, -0.2) is 18.3 Å². The van der Waals surface area contributed by atoms with Gasteiger partial charge in [-0.2, -0.15) is 10.4 Å². The third-order valence-corrected chi connectivity index (χ3v) is 7.07. The molecule has 5 aromatic rings. The van der Waals surface area contributed by atoms with Crippen molar-refractivity contribution in [3.05, 3.63) is 102 Å². The zero-order valence-corrected chi connectivity index (χ0v) is 21.6. The first kappa shape index (κ1) is 25.1. The van der Waals surface area contributed by atoms with Crippen molar-refractivity contribution in [1.82, 2.24) is 24.5 Å². The number of aryl methyl sites for hydroxylation is 1. The minimum absolute atomic E-state index is 0.261. The molecule has 10 heteroatoms. The second-order valence-electron chi connectivity index (χ2n) is 9.60. The number of carbonyl (C=O) groups is 1. The van der Waals surface area contributed by atoms with Gasteiger partial charge in [0.15, 0.2) is 0 Å². The number of amides is 1. The van der Waals surface area contributed by atoms with Crippen molar-refractivity contribution < 1.29 is 13.6 Å². The summed E-state index contributed by atoms with van der Waals surface area (Å²) in [5, 5.41) is 14.1. The maximum atomic E-state index is 14.1. The summed E-state index contributed by atoms with van der Waals surface area (Å²) in [5.74, 6) is -1.17. The van der Waals surface area contributed by atoms with Crippen LogP contribution in [0.15, 0.2) is 73.3 Å². The van der Waals surface area contributed by atoms with Gasteiger partial charge >= 0.3 is 0 Å². The predicted molar refractivity (Wildman–Crippen MR) is 146 cm³/mol. The molecule has 1 saturated heterocycles. The Morgan fingerprint density at radius 2 is 1.75 bits per heavy atom. The van der Waals surface area contributed by atoms with Crippen LogP contribution in [0, 0.1) is 29.9 Å². The Morgan fingerprint density at radius 3 is 2.48 bits per heavy atom. The smallest absolute Gasteiger partial charge is 0.257 e. The minimum atomic E-state index is -0.735. The Hall–Kier alpha value is -5.17. The molecule has 198 valence electrons. The Bertz CT molecular complexity index is 1780. The standard InChI is InChI=1S/C30H23F2N7O/c1-19-12-20(6-7-34-19)22-13-25(29-23(15-33)17-36-39(29)18-22)21-2-5-28(35-16-21)37-8-10-38(11-9-37)30(40)26-14-24(31)3-4-27(26)32/h2-7,12-14,16-18H,8-11H2,1H3. The summed E-state index contributed by atoms with van der Waals surface area (Å²) in [6, 6.07) is 14.9. The highest BCUT2D eigenvalue weighted by molar-refractivity contribution is 5.94. The molecule has 5 heterocycles. The lowest BCUT2D eigenvalue weighted by Crippen LogP contribution is -2.49. The summed E-state index contributed by atoms with van der Waals surface area (Å²) in [7, 11) is 0. The highest BCUT2D eigenvalue weighted by atomic mass is 19.1. The average Bonchev–Trinajstić information content (AvgIpc) is 3.41. The van der Waals surface area contributed by atoms with E-state index in [0.717, 1.165) is 52.0 Å². The van der Waals surface area contributed by atoms with Crippen LogP contribution in [0.2, 0.25) is 0 Å². The van der Waals surface area contributed by atoms with Gasteiger partial charge in [0.25, 0.3) is 5.91 Å². The number of nitrogens with zero attached hydrogens (tertiary/aromatic N) is 7. The molecule has 0 spiro atoms. The molecule has 1 fully saturated rings. The molecule has 1 amide bonds. The van der Waals surface area contributed by atoms with E-state index in [1.54, 1.807) is 23.1 Å². The van der Waals surface area contributed by atoms with Crippen LogP contribution < -0.4 is 4.90 Å². The van der Waals surface area contributed by atoms with Crippen LogP contribution >= 0.6 is 0 Å². The maximum absolute atomic E-state index is 14.1. The number of nitriles is 1. The number of hydrogen-bond donors (Lipinski definition) is 0. The van der Waals surface area contributed by atoms with E-state index < -0.39 is 17.5 Å². The zero-order chi connectivity index (χ0) is 27.8. The van der Waals surface area contributed by atoms with Crippen molar-refractivity contribution in [1.29, 1.82) is 5.26 Å². The SMILES string of the molecule is Cc1cc(-c2cc(-c3ccc(N4CCN(C(=O)c5cc(F)ccc5F)CC4)nc3)c3c(C#N)cnn3c2)ccn1. The quantitative estimate of drug-likeness (QED) is 0.326. The molecular formula is C30H23F2N7O. The Labute approximate surface area is 228 Å². The van der Waals surface area contributed by atoms with Gasteiger partial charge in [-0.1, -0.05) is 0 Å². The molecule has 0 radical (unpaired) electrons. The molecule has 40 heavy (non-hydrogen) atoms. The van der Waals surface area contributed by atoms with Crippen molar-refractivity contribution in [3.63, 3.8) is 0 Å². The van der Waals surface area contributed by atoms with Crippen LogP contribution in [0.1, 0.15) is 21.6 Å². The lowest BCUT2D eigenvalue weighted by Gasteiger charge is -2.35. The van der Waals surface area contributed by atoms with Gasteiger partial charge in [0.2, 0.25) is 0 Å². The summed E-state index contributed by atoms with van der Waals surface area (Å²) in [6.45, 7) is 3.64. The van der Waals surface area contributed by atoms with E-state index in [-0.39, 0.29) is 5.56 Å². The predicted octanol–water partition coefficient (Wildman–Crippen LogP) is 4.88. The molecule has 0 bridgehead atoms. The molecule has 1 aliphatic rings. The molecule has 8 nitrogen and oxygen atoms in total. The average molecular weight is 536 g/mol. The molecular weight excluding hydrogens is 512 g/mol. The Morgan fingerprint density at radius 1 is 0.925 bits per heavy atom. The van der Waals surface area contributed by atoms with Crippen LogP contribution in [0.3, 0.4) is 0 Å². The van der Waals surface area contributed by atoms with Gasteiger partial charge in [0.1, 0.15) is 23.5 Å². The van der Waals surface area contributed by atoms with Crippen LogP contribution in [-0.2, 0) is 0 Å². The second kappa shape index (κ2) is 10.2. The number of piperazine rings is 1. The number of rotatable bonds is 4. The zero-order valence-electron chi connectivity index (χ0n) is 21.6. The summed E-state index contributed by atoms with van der Waals surface area (Å²) in [4.78, 5) is 25.3. The number of halogens is 2. The van der Waals surface area contributed by atoms with Crippen molar-refractivity contribution in [2.24, 2.45) is 0 Å².